The highest BCUT2D eigenvalue weighted by molar-refractivity contribution is 5.81. The van der Waals surface area contributed by atoms with Gasteiger partial charge in [-0.2, -0.15) is 0 Å². The van der Waals surface area contributed by atoms with Gasteiger partial charge in [0.25, 0.3) is 0 Å². The molecule has 2 N–H and O–H groups in total. The molecule has 2 aromatic rings. The van der Waals surface area contributed by atoms with Crippen molar-refractivity contribution in [2.45, 2.75) is 142 Å². The Hall–Kier alpha value is -4.32. The van der Waals surface area contributed by atoms with Crippen molar-refractivity contribution < 1.29 is 76.8 Å². The molecule has 0 aliphatic carbocycles. The lowest BCUT2D eigenvalue weighted by molar-refractivity contribution is -0.186. The molecule has 0 radical (unpaired) electrons. The van der Waals surface area contributed by atoms with E-state index in [1.807, 2.05) is 48.5 Å². The lowest BCUT2D eigenvalue weighted by atomic mass is 10.0. The standard InChI is InChI=1S/C31H42O9.C15H26O7/c1-21-29(38-19-23-9-13-26(35-6)14-10-23)27(37-18-22-7-11-25(34-5)12-8-22)20-36-16-15-24(30(33)39-21)17-28(32)40-31(2,3)4;1-9-13(18)11(16)8-20-6-5-10(14(19)21-9)7-12(17)22-15(2,3)4/h7-14,21,24,27,29H,15-20H2,1-6H3;9-11,13,16,18H,5-8H2,1-4H3/t21-,24+,27-,29-;9-,10+,11-,13-/m00/s1. The zero-order valence-corrected chi connectivity index (χ0v) is 37.9. The summed E-state index contributed by atoms with van der Waals surface area (Å²) >= 11 is 0. The van der Waals surface area contributed by atoms with Crippen LogP contribution in [-0.2, 0) is 70.3 Å². The maximum absolute atomic E-state index is 13.2. The average molecular weight is 877 g/mol. The van der Waals surface area contributed by atoms with Gasteiger partial charge >= 0.3 is 23.9 Å². The normalized spacial score (nSPS) is 25.4. The minimum absolute atomic E-state index is 0.0534. The molecule has 0 unspecified atom stereocenters. The van der Waals surface area contributed by atoms with Gasteiger partial charge in [0.1, 0.15) is 59.3 Å². The van der Waals surface area contributed by atoms with Crippen LogP contribution in [0.2, 0.25) is 0 Å². The number of rotatable bonds is 12. The summed E-state index contributed by atoms with van der Waals surface area (Å²) < 4.78 is 55.9. The topological polar surface area (TPSA) is 201 Å². The molecule has 62 heavy (non-hydrogen) atoms. The minimum Gasteiger partial charge on any atom is -0.497 e. The van der Waals surface area contributed by atoms with E-state index in [4.69, 9.17) is 47.4 Å². The zero-order chi connectivity index (χ0) is 46.0. The van der Waals surface area contributed by atoms with Crippen molar-refractivity contribution in [3.05, 3.63) is 59.7 Å². The molecule has 2 aliphatic heterocycles. The van der Waals surface area contributed by atoms with Crippen LogP contribution in [0, 0.1) is 11.8 Å². The molecule has 0 aromatic heterocycles. The Bertz CT molecular complexity index is 1670. The fourth-order valence-electron chi connectivity index (χ4n) is 6.36. The number of esters is 4. The molecule has 2 aromatic carbocycles. The molecule has 2 aliphatic rings. The van der Waals surface area contributed by atoms with E-state index in [1.165, 1.54) is 6.92 Å². The average Bonchev–Trinajstić information content (AvgIpc) is 3.20. The molecule has 0 spiro atoms. The molecule has 2 heterocycles. The predicted molar refractivity (Wildman–Crippen MR) is 225 cm³/mol. The number of carbonyl (C=O) groups excluding carboxylic acids is 4. The fraction of sp³-hybridized carbons (Fsp3) is 0.652. The molecular weight excluding hydrogens is 808 g/mol. The maximum Gasteiger partial charge on any atom is 0.309 e. The molecule has 16 nitrogen and oxygen atoms in total. The number of hydrogen-bond donors (Lipinski definition) is 2. The van der Waals surface area contributed by atoms with E-state index < -0.39 is 83.5 Å². The molecule has 8 atom stereocenters. The van der Waals surface area contributed by atoms with Crippen LogP contribution in [0.1, 0.15) is 92.2 Å². The van der Waals surface area contributed by atoms with E-state index >= 15 is 0 Å². The number of hydrogen-bond acceptors (Lipinski definition) is 16. The minimum atomic E-state index is -1.23. The predicted octanol–water partition coefficient (Wildman–Crippen LogP) is 5.28. The third kappa shape index (κ3) is 19.0. The van der Waals surface area contributed by atoms with Gasteiger partial charge < -0.3 is 57.6 Å². The first-order chi connectivity index (χ1) is 29.2. The van der Waals surface area contributed by atoms with Gasteiger partial charge in [0.05, 0.1) is 65.3 Å². The molecule has 0 bridgehead atoms. The SMILES string of the molecule is COc1ccc(CO[C@H]2[C@H](C)OC(=O)[C@@H](CC(=O)OC(C)(C)C)CCOC[C@@H]2OCc2ccc(OC)cc2)cc1.C[C@@H]1OC(=O)[C@@H](CC(=O)OC(C)(C)C)CCOC[C@H](O)[C@H]1O. The summed E-state index contributed by atoms with van der Waals surface area (Å²) in [7, 11) is 3.23. The third-order valence-electron chi connectivity index (χ3n) is 9.66. The summed E-state index contributed by atoms with van der Waals surface area (Å²) in [5.74, 6) is -1.91. The lowest BCUT2D eigenvalue weighted by Gasteiger charge is -2.33. The Morgan fingerprint density at radius 3 is 1.50 bits per heavy atom. The highest BCUT2D eigenvalue weighted by Crippen LogP contribution is 2.25. The maximum atomic E-state index is 13.2. The number of carbonyl (C=O) groups is 4. The van der Waals surface area contributed by atoms with Crippen LogP contribution in [0.5, 0.6) is 11.5 Å². The molecule has 2 saturated heterocycles. The van der Waals surface area contributed by atoms with E-state index in [9.17, 15) is 29.4 Å². The van der Waals surface area contributed by atoms with Gasteiger partial charge in [-0.1, -0.05) is 24.3 Å². The van der Waals surface area contributed by atoms with Crippen molar-refractivity contribution >= 4 is 23.9 Å². The highest BCUT2D eigenvalue weighted by atomic mass is 16.6. The van der Waals surface area contributed by atoms with Gasteiger partial charge in [-0.3, -0.25) is 19.2 Å². The van der Waals surface area contributed by atoms with Crippen LogP contribution < -0.4 is 9.47 Å². The van der Waals surface area contributed by atoms with Crippen molar-refractivity contribution in [1.29, 1.82) is 0 Å². The summed E-state index contributed by atoms with van der Waals surface area (Å²) in [5, 5.41) is 19.5. The number of cyclic esters (lactones) is 2. The largest absolute Gasteiger partial charge is 0.497 e. The van der Waals surface area contributed by atoms with Gasteiger partial charge in [-0.15, -0.1) is 0 Å². The Kier molecular flexibility index (Phi) is 21.1. The number of aliphatic hydroxyl groups excluding tert-OH is 2. The summed E-state index contributed by atoms with van der Waals surface area (Å²) in [5.41, 5.74) is 0.611. The van der Waals surface area contributed by atoms with Crippen molar-refractivity contribution in [2.24, 2.45) is 11.8 Å². The smallest absolute Gasteiger partial charge is 0.309 e. The Morgan fingerprint density at radius 2 is 1.06 bits per heavy atom. The third-order valence-corrected chi connectivity index (χ3v) is 9.66. The lowest BCUT2D eigenvalue weighted by Crippen LogP contribution is -2.46. The van der Waals surface area contributed by atoms with Gasteiger partial charge in [0.2, 0.25) is 0 Å². The molecule has 16 heteroatoms. The number of ether oxygens (including phenoxy) is 10. The van der Waals surface area contributed by atoms with E-state index in [2.05, 4.69) is 0 Å². The van der Waals surface area contributed by atoms with E-state index in [0.29, 0.717) is 13.0 Å². The van der Waals surface area contributed by atoms with Gasteiger partial charge in [-0.25, -0.2) is 0 Å². The van der Waals surface area contributed by atoms with Gasteiger partial charge in [-0.05, 0) is 104 Å². The molecular formula is C46H68O16. The number of aliphatic hydroxyl groups is 2. The van der Waals surface area contributed by atoms with Gasteiger partial charge in [0.15, 0.2) is 0 Å². The Morgan fingerprint density at radius 1 is 0.645 bits per heavy atom. The van der Waals surface area contributed by atoms with E-state index in [0.717, 1.165) is 22.6 Å². The summed E-state index contributed by atoms with van der Waals surface area (Å²) in [6, 6.07) is 15.1. The van der Waals surface area contributed by atoms with Gasteiger partial charge in [0, 0.05) is 13.2 Å². The summed E-state index contributed by atoms with van der Waals surface area (Å²) in [6.07, 6.45) is -4.64. The highest BCUT2D eigenvalue weighted by Gasteiger charge is 2.36. The van der Waals surface area contributed by atoms with Crippen LogP contribution >= 0.6 is 0 Å². The van der Waals surface area contributed by atoms with Crippen molar-refractivity contribution in [2.75, 3.05) is 40.6 Å². The molecule has 2 fully saturated rings. The van der Waals surface area contributed by atoms with Crippen LogP contribution in [0.25, 0.3) is 0 Å². The first-order valence-electron chi connectivity index (χ1n) is 21.0. The van der Waals surface area contributed by atoms with Crippen molar-refractivity contribution in [3.8, 4) is 11.5 Å². The Balaban J connectivity index is 0.000000393. The molecule has 4 rings (SSSR count). The van der Waals surface area contributed by atoms with E-state index in [1.54, 1.807) is 62.7 Å². The molecule has 348 valence electrons. The molecule has 0 amide bonds. The Labute approximate surface area is 365 Å². The van der Waals surface area contributed by atoms with Crippen molar-refractivity contribution in [1.82, 2.24) is 0 Å². The monoisotopic (exact) mass is 876 g/mol. The van der Waals surface area contributed by atoms with Crippen LogP contribution in [0.3, 0.4) is 0 Å². The second-order valence-corrected chi connectivity index (χ2v) is 17.4. The quantitative estimate of drug-likeness (QED) is 0.206. The summed E-state index contributed by atoms with van der Waals surface area (Å²) in [4.78, 5) is 49.6. The fourth-order valence-corrected chi connectivity index (χ4v) is 6.36. The van der Waals surface area contributed by atoms with Crippen LogP contribution in [0.4, 0.5) is 0 Å². The summed E-state index contributed by atoms with van der Waals surface area (Å²) in [6.45, 7) is 15.1. The first-order valence-corrected chi connectivity index (χ1v) is 21.0. The van der Waals surface area contributed by atoms with Crippen molar-refractivity contribution in [3.63, 3.8) is 0 Å². The molecule has 0 saturated carbocycles. The first kappa shape index (κ1) is 52.0. The van der Waals surface area contributed by atoms with Crippen LogP contribution in [0.15, 0.2) is 48.5 Å². The number of benzene rings is 2. The number of methoxy groups -OCH3 is 2. The van der Waals surface area contributed by atoms with E-state index in [-0.39, 0.29) is 52.3 Å². The zero-order valence-electron chi connectivity index (χ0n) is 37.9. The second-order valence-electron chi connectivity index (χ2n) is 17.4. The van der Waals surface area contributed by atoms with Crippen LogP contribution in [-0.4, -0.2) is 123 Å². The second kappa shape index (κ2) is 25.1.